The van der Waals surface area contributed by atoms with Crippen LogP contribution in [0.5, 0.6) is 11.5 Å². The van der Waals surface area contributed by atoms with E-state index >= 15 is 0 Å². The maximum absolute atomic E-state index is 13.2. The number of anilines is 1. The molecule has 3 aromatic rings. The molecule has 14 nitrogen and oxygen atoms in total. The number of nitrogens with one attached hydrogen (secondary N) is 2. The van der Waals surface area contributed by atoms with Gasteiger partial charge in [-0.25, -0.2) is 8.42 Å². The van der Waals surface area contributed by atoms with Gasteiger partial charge in [0.25, 0.3) is 11.8 Å². The number of piperidine rings is 1. The fourth-order valence-corrected chi connectivity index (χ4v) is 6.89. The number of rotatable bonds is 6. The molecule has 15 heteroatoms. The van der Waals surface area contributed by atoms with Crippen LogP contribution in [0.1, 0.15) is 24.5 Å². The Morgan fingerprint density at radius 1 is 1.07 bits per heavy atom. The van der Waals surface area contributed by atoms with Crippen molar-refractivity contribution in [3.63, 3.8) is 0 Å². The van der Waals surface area contributed by atoms with Gasteiger partial charge in [0.15, 0.2) is 13.2 Å². The van der Waals surface area contributed by atoms with Crippen LogP contribution >= 0.6 is 0 Å². The third-order valence-electron chi connectivity index (χ3n) is 7.59. The number of benzene rings is 2. The molecular weight excluding hydrogens is 568 g/mol. The van der Waals surface area contributed by atoms with E-state index in [4.69, 9.17) is 9.47 Å². The van der Waals surface area contributed by atoms with Crippen LogP contribution in [0, 0.1) is 0 Å². The molecule has 0 spiro atoms. The van der Waals surface area contributed by atoms with Gasteiger partial charge < -0.3 is 19.7 Å². The van der Waals surface area contributed by atoms with E-state index in [2.05, 4.69) is 15.7 Å². The number of imide groups is 1. The molecule has 0 bridgehead atoms. The lowest BCUT2D eigenvalue weighted by Gasteiger charge is -2.34. The van der Waals surface area contributed by atoms with Crippen LogP contribution in [0.2, 0.25) is 0 Å². The van der Waals surface area contributed by atoms with Gasteiger partial charge in [0, 0.05) is 45.0 Å². The summed E-state index contributed by atoms with van der Waals surface area (Å²) in [5, 5.41) is 10.2. The van der Waals surface area contributed by atoms with Gasteiger partial charge in [-0.15, -0.1) is 0 Å². The van der Waals surface area contributed by atoms with Gasteiger partial charge in [-0.05, 0) is 30.7 Å². The predicted octanol–water partition coefficient (Wildman–Crippen LogP) is 0.336. The largest absolute Gasteiger partial charge is 0.482 e. The van der Waals surface area contributed by atoms with Gasteiger partial charge in [0.1, 0.15) is 17.0 Å². The molecule has 3 aliphatic heterocycles. The van der Waals surface area contributed by atoms with Crippen LogP contribution in [0.25, 0.3) is 10.9 Å². The third kappa shape index (κ3) is 5.05. The summed E-state index contributed by atoms with van der Waals surface area (Å²) in [7, 11) is -2.14. The summed E-state index contributed by atoms with van der Waals surface area (Å²) < 4.78 is 40.6. The Morgan fingerprint density at radius 2 is 1.86 bits per heavy atom. The topological polar surface area (TPSA) is 169 Å². The second kappa shape index (κ2) is 10.7. The zero-order chi connectivity index (χ0) is 29.6. The monoisotopic (exact) mass is 596 g/mol. The lowest BCUT2D eigenvalue weighted by atomic mass is 9.93. The standard InChI is InChI=1S/C27H28N6O8S/c1-31-26-17(25(30-31)18-6-8-22(34)29-27(18)37)3-2-4-21(26)41-15-24(36)32-9-11-33(12-10-32)42(38,39)16-5-7-20-19(13-16)28-23(35)14-40-20/h2-5,7,13,18H,6,8-12,14-15H2,1H3,(H,28,35)(H,29,34,37). The lowest BCUT2D eigenvalue weighted by Crippen LogP contribution is -2.51. The molecule has 4 amide bonds. The van der Waals surface area contributed by atoms with Gasteiger partial charge in [0.2, 0.25) is 21.8 Å². The molecule has 2 saturated heterocycles. The average molecular weight is 597 g/mol. The number of hydrogen-bond donors (Lipinski definition) is 2. The highest BCUT2D eigenvalue weighted by Crippen LogP contribution is 2.34. The summed E-state index contributed by atoms with van der Waals surface area (Å²) in [5.41, 5.74) is 1.46. The number of fused-ring (bicyclic) bond motifs is 2. The molecule has 6 rings (SSSR count). The van der Waals surface area contributed by atoms with E-state index in [-0.39, 0.29) is 74.3 Å². The van der Waals surface area contributed by atoms with E-state index in [9.17, 15) is 27.6 Å². The van der Waals surface area contributed by atoms with Gasteiger partial charge in [-0.3, -0.25) is 29.2 Å². The van der Waals surface area contributed by atoms with E-state index in [1.807, 2.05) is 6.07 Å². The van der Waals surface area contributed by atoms with Gasteiger partial charge >= 0.3 is 0 Å². The number of sulfonamides is 1. The van der Waals surface area contributed by atoms with Crippen molar-refractivity contribution in [2.24, 2.45) is 7.05 Å². The number of aromatic nitrogens is 2. The fourth-order valence-electron chi connectivity index (χ4n) is 5.44. The van der Waals surface area contributed by atoms with Crippen molar-refractivity contribution in [2.75, 3.05) is 44.7 Å². The Labute approximate surface area is 240 Å². The van der Waals surface area contributed by atoms with Crippen LogP contribution in [0.15, 0.2) is 41.3 Å². The van der Waals surface area contributed by atoms with Crippen molar-refractivity contribution in [2.45, 2.75) is 23.7 Å². The second-order valence-electron chi connectivity index (χ2n) is 10.2. The molecule has 1 aromatic heterocycles. The number of carbonyl (C=O) groups is 4. The molecular formula is C27H28N6O8S. The minimum atomic E-state index is -3.86. The number of piperazine rings is 1. The summed E-state index contributed by atoms with van der Waals surface area (Å²) in [4.78, 5) is 50.2. The highest BCUT2D eigenvalue weighted by molar-refractivity contribution is 7.89. The minimum Gasteiger partial charge on any atom is -0.482 e. The minimum absolute atomic E-state index is 0.0242. The molecule has 0 radical (unpaired) electrons. The number of carbonyl (C=O) groups excluding carboxylic acids is 4. The Kier molecular flexibility index (Phi) is 7.06. The SMILES string of the molecule is Cn1nc(C2CCC(=O)NC2=O)c2cccc(OCC(=O)N3CCN(S(=O)(=O)c4ccc5c(c4)NC(=O)CO5)CC3)c21. The molecule has 0 saturated carbocycles. The Morgan fingerprint density at radius 3 is 2.62 bits per heavy atom. The summed E-state index contributed by atoms with van der Waals surface area (Å²) >= 11 is 0. The Hall–Kier alpha value is -4.50. The molecule has 2 N–H and O–H groups in total. The number of nitrogens with zero attached hydrogens (tertiary/aromatic N) is 4. The zero-order valence-electron chi connectivity index (χ0n) is 22.7. The van der Waals surface area contributed by atoms with Crippen LogP contribution in [0.4, 0.5) is 5.69 Å². The van der Waals surface area contributed by atoms with Crippen molar-refractivity contribution in [1.29, 1.82) is 0 Å². The highest BCUT2D eigenvalue weighted by atomic mass is 32.2. The molecule has 0 aliphatic carbocycles. The first kappa shape index (κ1) is 27.7. The predicted molar refractivity (Wildman–Crippen MR) is 147 cm³/mol. The van der Waals surface area contributed by atoms with Crippen molar-refractivity contribution in [1.82, 2.24) is 24.3 Å². The Balaban J connectivity index is 1.10. The molecule has 1 atom stereocenters. The fraction of sp³-hybridized carbons (Fsp3) is 0.370. The van der Waals surface area contributed by atoms with Gasteiger partial charge in [-0.2, -0.15) is 9.40 Å². The first-order valence-corrected chi connectivity index (χ1v) is 14.8. The molecule has 1 unspecified atom stereocenters. The first-order chi connectivity index (χ1) is 20.1. The molecule has 2 aromatic carbocycles. The summed E-state index contributed by atoms with van der Waals surface area (Å²) in [6.07, 6.45) is 0.591. The lowest BCUT2D eigenvalue weighted by molar-refractivity contribution is -0.135. The zero-order valence-corrected chi connectivity index (χ0v) is 23.5. The maximum Gasteiger partial charge on any atom is 0.262 e. The summed E-state index contributed by atoms with van der Waals surface area (Å²) in [5.74, 6) is -1.10. The number of amides is 4. The number of ether oxygens (including phenoxy) is 2. The molecule has 42 heavy (non-hydrogen) atoms. The normalized spacial score (nSPS) is 19.6. The number of hydrogen-bond acceptors (Lipinski definition) is 9. The van der Waals surface area contributed by atoms with Gasteiger partial charge in [0.05, 0.1) is 22.2 Å². The second-order valence-corrected chi connectivity index (χ2v) is 12.2. The van der Waals surface area contributed by atoms with Crippen molar-refractivity contribution >= 4 is 50.2 Å². The van der Waals surface area contributed by atoms with Crippen LogP contribution in [-0.4, -0.2) is 90.4 Å². The van der Waals surface area contributed by atoms with Crippen LogP contribution < -0.4 is 20.1 Å². The maximum atomic E-state index is 13.2. The van der Waals surface area contributed by atoms with E-state index in [1.54, 1.807) is 28.8 Å². The smallest absolute Gasteiger partial charge is 0.262 e. The van der Waals surface area contributed by atoms with Crippen molar-refractivity contribution < 1.29 is 37.1 Å². The van der Waals surface area contributed by atoms with E-state index in [1.165, 1.54) is 22.5 Å². The molecule has 4 heterocycles. The summed E-state index contributed by atoms with van der Waals surface area (Å²) in [6.45, 7) is 0.166. The quantitative estimate of drug-likeness (QED) is 0.381. The molecule has 2 fully saturated rings. The van der Waals surface area contributed by atoms with Crippen LogP contribution in [0.3, 0.4) is 0 Å². The van der Waals surface area contributed by atoms with E-state index < -0.39 is 15.9 Å². The van der Waals surface area contributed by atoms with Crippen LogP contribution in [-0.2, 0) is 36.2 Å². The Bertz CT molecular complexity index is 1730. The van der Waals surface area contributed by atoms with E-state index in [0.29, 0.717) is 40.2 Å². The first-order valence-electron chi connectivity index (χ1n) is 13.4. The van der Waals surface area contributed by atoms with Gasteiger partial charge in [-0.1, -0.05) is 12.1 Å². The highest BCUT2D eigenvalue weighted by Gasteiger charge is 2.33. The van der Waals surface area contributed by atoms with E-state index in [0.717, 1.165) is 0 Å². The average Bonchev–Trinajstić information content (AvgIpc) is 3.32. The molecule has 3 aliphatic rings. The van der Waals surface area contributed by atoms with Crippen molar-refractivity contribution in [3.8, 4) is 11.5 Å². The third-order valence-corrected chi connectivity index (χ3v) is 9.48. The molecule has 220 valence electrons. The number of para-hydroxylation sites is 1. The summed E-state index contributed by atoms with van der Waals surface area (Å²) in [6, 6.07) is 9.59. The number of aryl methyl sites for hydroxylation is 1. The van der Waals surface area contributed by atoms with Crippen molar-refractivity contribution in [3.05, 3.63) is 42.1 Å².